The molecule has 1 rings (SSSR count). The van der Waals surface area contributed by atoms with E-state index in [1.165, 1.54) is 0 Å². The maximum absolute atomic E-state index is 11.7. The highest BCUT2D eigenvalue weighted by molar-refractivity contribution is 6.11. The Balaban J connectivity index is 3.05. The van der Waals surface area contributed by atoms with Gasteiger partial charge in [0.05, 0.1) is 0 Å². The summed E-state index contributed by atoms with van der Waals surface area (Å²) in [5.74, 6) is 0. The summed E-state index contributed by atoms with van der Waals surface area (Å²) in [6, 6.07) is 10.1. The Morgan fingerprint density at radius 1 is 1.36 bits per heavy atom. The van der Waals surface area contributed by atoms with Crippen molar-refractivity contribution in [2.45, 2.75) is 0 Å². The Morgan fingerprint density at radius 3 is 2.45 bits per heavy atom. The smallest absolute Gasteiger partial charge is 0.180 e. The Bertz CT molecular complexity index is 298. The minimum atomic E-state index is -0.189. The Hall–Kier alpha value is -1.69. The molecular weight excluding hydrogens is 143 g/mol. The summed E-state index contributed by atoms with van der Waals surface area (Å²) in [6.45, 7) is 0. The molecule has 0 bridgehead atoms. The molecule has 0 aliphatic heterocycles. The molecular formula is C8H5FN2. The third-order valence-corrected chi connectivity index (χ3v) is 1.24. The third-order valence-electron chi connectivity index (χ3n) is 1.24. The van der Waals surface area contributed by atoms with Crippen LogP contribution in [0.25, 0.3) is 0 Å². The van der Waals surface area contributed by atoms with Crippen LogP contribution in [0.2, 0.25) is 0 Å². The molecule has 2 nitrogen and oxygen atoms in total. The van der Waals surface area contributed by atoms with E-state index in [4.69, 9.17) is 5.26 Å². The monoisotopic (exact) mass is 148 g/mol. The molecule has 0 aliphatic carbocycles. The molecule has 0 amide bonds. The molecule has 0 aromatic heterocycles. The topological polar surface area (TPSA) is 36.1 Å². The zero-order chi connectivity index (χ0) is 8.10. The van der Waals surface area contributed by atoms with Crippen LogP contribution in [0.1, 0.15) is 5.56 Å². The van der Waals surface area contributed by atoms with Gasteiger partial charge in [0.2, 0.25) is 0 Å². The van der Waals surface area contributed by atoms with Gasteiger partial charge in [-0.25, -0.2) is 0 Å². The van der Waals surface area contributed by atoms with Crippen molar-refractivity contribution in [3.8, 4) is 6.07 Å². The van der Waals surface area contributed by atoms with E-state index in [1.807, 2.05) is 0 Å². The normalized spacial score (nSPS) is 10.7. The molecule has 1 aromatic rings. The molecule has 3 heteroatoms. The summed E-state index contributed by atoms with van der Waals surface area (Å²) in [6.07, 6.45) is 0. The number of hydrogen-bond acceptors (Lipinski definition) is 2. The lowest BCUT2D eigenvalue weighted by atomic mass is 10.1. The molecule has 0 radical (unpaired) electrons. The maximum atomic E-state index is 11.7. The van der Waals surface area contributed by atoms with Crippen molar-refractivity contribution in [3.05, 3.63) is 35.9 Å². The van der Waals surface area contributed by atoms with E-state index < -0.39 is 0 Å². The zero-order valence-corrected chi connectivity index (χ0v) is 5.66. The molecule has 0 unspecified atom stereocenters. The predicted molar refractivity (Wildman–Crippen MR) is 39.7 cm³/mol. The highest BCUT2D eigenvalue weighted by atomic mass is 19.2. The van der Waals surface area contributed by atoms with Crippen LogP contribution in [0, 0.1) is 11.3 Å². The first kappa shape index (κ1) is 7.42. The van der Waals surface area contributed by atoms with Crippen LogP contribution in [0.5, 0.6) is 0 Å². The SMILES string of the molecule is N#C/C(=N/F)c1ccccc1. The molecule has 0 heterocycles. The van der Waals surface area contributed by atoms with E-state index >= 15 is 0 Å². The van der Waals surface area contributed by atoms with Crippen molar-refractivity contribution in [2.75, 3.05) is 0 Å². The van der Waals surface area contributed by atoms with Gasteiger partial charge in [-0.15, -0.1) is 0 Å². The number of rotatable bonds is 1. The summed E-state index contributed by atoms with van der Waals surface area (Å²) in [5, 5.41) is 10.7. The van der Waals surface area contributed by atoms with Crippen molar-refractivity contribution in [3.63, 3.8) is 0 Å². The summed E-state index contributed by atoms with van der Waals surface area (Å²) in [4.78, 5) is 0. The molecule has 0 aliphatic rings. The van der Waals surface area contributed by atoms with Gasteiger partial charge in [0.1, 0.15) is 6.07 Å². The van der Waals surface area contributed by atoms with E-state index in [0.29, 0.717) is 5.56 Å². The van der Waals surface area contributed by atoms with Crippen LogP contribution in [0.4, 0.5) is 4.48 Å². The fraction of sp³-hybridized carbons (Fsp3) is 0. The average molecular weight is 148 g/mol. The second kappa shape index (κ2) is 3.47. The van der Waals surface area contributed by atoms with Gasteiger partial charge in [0, 0.05) is 5.56 Å². The van der Waals surface area contributed by atoms with E-state index in [-0.39, 0.29) is 5.71 Å². The number of benzene rings is 1. The number of halogens is 1. The zero-order valence-electron chi connectivity index (χ0n) is 5.66. The summed E-state index contributed by atoms with van der Waals surface area (Å²) < 4.78 is 11.7. The van der Waals surface area contributed by atoms with Gasteiger partial charge in [-0.2, -0.15) is 5.26 Å². The molecule has 0 saturated carbocycles. The third kappa shape index (κ3) is 1.62. The largest absolute Gasteiger partial charge is 0.191 e. The lowest BCUT2D eigenvalue weighted by molar-refractivity contribution is 0.539. The van der Waals surface area contributed by atoms with Gasteiger partial charge >= 0.3 is 0 Å². The minimum Gasteiger partial charge on any atom is -0.191 e. The second-order valence-corrected chi connectivity index (χ2v) is 1.91. The molecule has 0 atom stereocenters. The van der Waals surface area contributed by atoms with Crippen molar-refractivity contribution < 1.29 is 4.48 Å². The average Bonchev–Trinajstić information content (AvgIpc) is 2.09. The molecule has 0 fully saturated rings. The second-order valence-electron chi connectivity index (χ2n) is 1.91. The maximum Gasteiger partial charge on any atom is 0.180 e. The van der Waals surface area contributed by atoms with Crippen LogP contribution < -0.4 is 0 Å². The van der Waals surface area contributed by atoms with Gasteiger partial charge in [-0.3, -0.25) is 0 Å². The Morgan fingerprint density at radius 2 is 2.00 bits per heavy atom. The van der Waals surface area contributed by atoms with Crippen molar-refractivity contribution in [1.29, 1.82) is 5.26 Å². The van der Waals surface area contributed by atoms with Gasteiger partial charge in [-0.1, -0.05) is 40.0 Å². The minimum absolute atomic E-state index is 0.189. The van der Waals surface area contributed by atoms with Crippen LogP contribution >= 0.6 is 0 Å². The van der Waals surface area contributed by atoms with E-state index in [1.54, 1.807) is 36.4 Å². The lowest BCUT2D eigenvalue weighted by Crippen LogP contribution is -1.93. The molecule has 1 aromatic carbocycles. The Labute approximate surface area is 63.6 Å². The standard InChI is InChI=1S/C8H5FN2/c9-11-8(6-10)7-4-2-1-3-5-7/h1-5H/b11-8-. The highest BCUT2D eigenvalue weighted by Gasteiger charge is 1.99. The van der Waals surface area contributed by atoms with E-state index in [9.17, 15) is 4.48 Å². The molecule has 0 saturated heterocycles. The van der Waals surface area contributed by atoms with Gasteiger partial charge in [-0.05, 0) is 0 Å². The van der Waals surface area contributed by atoms with Crippen molar-refractivity contribution in [2.24, 2.45) is 5.21 Å². The van der Waals surface area contributed by atoms with E-state index in [2.05, 4.69) is 5.21 Å². The van der Waals surface area contributed by atoms with Crippen LogP contribution in [0.15, 0.2) is 35.5 Å². The van der Waals surface area contributed by atoms with Crippen LogP contribution in [-0.4, -0.2) is 5.71 Å². The summed E-state index contributed by atoms with van der Waals surface area (Å²) in [5.41, 5.74) is 0.308. The number of nitrogens with zero attached hydrogens (tertiary/aromatic N) is 2. The first-order chi connectivity index (χ1) is 5.38. The van der Waals surface area contributed by atoms with Gasteiger partial charge in [0.25, 0.3) is 0 Å². The predicted octanol–water partition coefficient (Wildman–Crippen LogP) is 1.88. The van der Waals surface area contributed by atoms with Crippen molar-refractivity contribution in [1.82, 2.24) is 0 Å². The van der Waals surface area contributed by atoms with Gasteiger partial charge in [0.15, 0.2) is 5.71 Å². The summed E-state index contributed by atoms with van der Waals surface area (Å²) in [7, 11) is 0. The summed E-state index contributed by atoms with van der Waals surface area (Å²) >= 11 is 0. The molecule has 54 valence electrons. The van der Waals surface area contributed by atoms with Crippen molar-refractivity contribution >= 4 is 5.71 Å². The van der Waals surface area contributed by atoms with Crippen LogP contribution in [-0.2, 0) is 0 Å². The lowest BCUT2D eigenvalue weighted by Gasteiger charge is -1.91. The fourth-order valence-corrected chi connectivity index (χ4v) is 0.728. The number of hydrogen-bond donors (Lipinski definition) is 0. The first-order valence-corrected chi connectivity index (χ1v) is 3.03. The molecule has 11 heavy (non-hydrogen) atoms. The van der Waals surface area contributed by atoms with E-state index in [0.717, 1.165) is 0 Å². The Kier molecular flexibility index (Phi) is 2.34. The quantitative estimate of drug-likeness (QED) is 0.560. The molecule has 0 spiro atoms. The highest BCUT2D eigenvalue weighted by Crippen LogP contribution is 2.00. The fourth-order valence-electron chi connectivity index (χ4n) is 0.728. The molecule has 0 N–H and O–H groups in total. The number of nitriles is 1. The first-order valence-electron chi connectivity index (χ1n) is 3.03. The van der Waals surface area contributed by atoms with Gasteiger partial charge < -0.3 is 0 Å². The van der Waals surface area contributed by atoms with Crippen LogP contribution in [0.3, 0.4) is 0 Å².